The lowest BCUT2D eigenvalue weighted by Crippen LogP contribution is -2.37. The van der Waals surface area contributed by atoms with Gasteiger partial charge in [0, 0.05) is 12.0 Å². The van der Waals surface area contributed by atoms with Gasteiger partial charge in [-0.25, -0.2) is 14.7 Å². The molecule has 122 valence electrons. The number of alkyl carbamates (subject to hydrolysis) is 1. The van der Waals surface area contributed by atoms with Crippen molar-refractivity contribution in [3.05, 3.63) is 52.3 Å². The van der Waals surface area contributed by atoms with E-state index in [0.29, 0.717) is 5.89 Å². The second kappa shape index (κ2) is 7.13. The minimum atomic E-state index is -0.523. The molecule has 7 nitrogen and oxygen atoms in total. The molecule has 1 heterocycles. The highest BCUT2D eigenvalue weighted by atomic mass is 16.5. The van der Waals surface area contributed by atoms with Crippen LogP contribution in [0.25, 0.3) is 0 Å². The maximum atomic E-state index is 11.8. The molecule has 2 aromatic rings. The zero-order valence-corrected chi connectivity index (χ0v) is 12.7. The fourth-order valence-electron chi connectivity index (χ4n) is 2.83. The molecule has 1 aromatic heterocycles. The molecule has 7 heteroatoms. The first-order valence-electron chi connectivity index (χ1n) is 7.73. The molecule has 1 fully saturated rings. The van der Waals surface area contributed by atoms with E-state index in [1.807, 2.05) is 30.3 Å². The molecule has 23 heavy (non-hydrogen) atoms. The number of hydrogen-bond acceptors (Lipinski definition) is 5. The van der Waals surface area contributed by atoms with Crippen molar-refractivity contribution < 1.29 is 13.9 Å². The Kier molecular flexibility index (Phi) is 4.75. The van der Waals surface area contributed by atoms with E-state index >= 15 is 0 Å². The molecule has 2 N–H and O–H groups in total. The summed E-state index contributed by atoms with van der Waals surface area (Å²) in [6.07, 6.45) is 2.85. The van der Waals surface area contributed by atoms with E-state index in [-0.39, 0.29) is 18.6 Å². The lowest BCUT2D eigenvalue weighted by Gasteiger charge is -2.26. The number of benzene rings is 1. The second-order valence-corrected chi connectivity index (χ2v) is 5.71. The Hall–Kier alpha value is -2.57. The van der Waals surface area contributed by atoms with Crippen LogP contribution in [0.2, 0.25) is 0 Å². The van der Waals surface area contributed by atoms with Gasteiger partial charge >= 0.3 is 11.8 Å². The number of hydrogen-bond donors (Lipinski definition) is 2. The van der Waals surface area contributed by atoms with Crippen LogP contribution in [0.3, 0.4) is 0 Å². The third-order valence-electron chi connectivity index (χ3n) is 4.07. The highest BCUT2D eigenvalue weighted by Gasteiger charge is 2.26. The van der Waals surface area contributed by atoms with E-state index < -0.39 is 11.8 Å². The van der Waals surface area contributed by atoms with Gasteiger partial charge in [0.05, 0.1) is 0 Å². The molecule has 1 amide bonds. The molecule has 0 bridgehead atoms. The summed E-state index contributed by atoms with van der Waals surface area (Å²) in [5.74, 6) is 0.0668. The Bertz CT molecular complexity index is 687. The van der Waals surface area contributed by atoms with Gasteiger partial charge in [-0.15, -0.1) is 5.10 Å². The van der Waals surface area contributed by atoms with E-state index in [2.05, 4.69) is 15.5 Å². The van der Waals surface area contributed by atoms with Gasteiger partial charge in [0.25, 0.3) is 0 Å². The van der Waals surface area contributed by atoms with Crippen molar-refractivity contribution in [2.45, 2.75) is 44.2 Å². The van der Waals surface area contributed by atoms with Crippen molar-refractivity contribution in [1.82, 2.24) is 15.5 Å². The predicted octanol–water partition coefficient (Wildman–Crippen LogP) is 2.32. The number of nitrogens with one attached hydrogen (secondary N) is 2. The van der Waals surface area contributed by atoms with Crippen molar-refractivity contribution in [2.75, 3.05) is 0 Å². The Morgan fingerprint density at radius 1 is 1.26 bits per heavy atom. The molecular weight excluding hydrogens is 298 g/mol. The summed E-state index contributed by atoms with van der Waals surface area (Å²) in [5, 5.41) is 9.04. The summed E-state index contributed by atoms with van der Waals surface area (Å²) in [4.78, 5) is 22.8. The molecule has 1 saturated carbocycles. The predicted molar refractivity (Wildman–Crippen MR) is 81.9 cm³/mol. The quantitative estimate of drug-likeness (QED) is 0.902. The standard InChI is InChI=1S/C16H19N3O4/c20-15(22-10-11-4-2-1-3-5-11)17-13-8-6-12(7-9-13)14-18-19-16(21)23-14/h1-5,12-13H,6-10H2,(H,17,20)(H,19,21)/t12-,13-. The highest BCUT2D eigenvalue weighted by molar-refractivity contribution is 5.67. The number of ether oxygens (including phenoxy) is 1. The Balaban J connectivity index is 1.41. The number of amides is 1. The summed E-state index contributed by atoms with van der Waals surface area (Å²) >= 11 is 0. The number of rotatable bonds is 4. The zero-order valence-electron chi connectivity index (χ0n) is 12.7. The van der Waals surface area contributed by atoms with E-state index in [1.54, 1.807) is 0 Å². The average molecular weight is 317 g/mol. The molecule has 0 aliphatic heterocycles. The Morgan fingerprint density at radius 3 is 2.65 bits per heavy atom. The van der Waals surface area contributed by atoms with Crippen LogP contribution in [0.15, 0.2) is 39.5 Å². The summed E-state index contributed by atoms with van der Waals surface area (Å²) < 4.78 is 10.2. The van der Waals surface area contributed by atoms with Crippen LogP contribution < -0.4 is 11.1 Å². The monoisotopic (exact) mass is 317 g/mol. The third kappa shape index (κ3) is 4.21. The van der Waals surface area contributed by atoms with E-state index in [0.717, 1.165) is 31.2 Å². The normalized spacial score (nSPS) is 20.9. The van der Waals surface area contributed by atoms with Crippen LogP contribution in [0.1, 0.15) is 43.1 Å². The van der Waals surface area contributed by atoms with Crippen LogP contribution in [0.5, 0.6) is 0 Å². The van der Waals surface area contributed by atoms with E-state index in [9.17, 15) is 9.59 Å². The first kappa shape index (κ1) is 15.3. The number of H-pyrrole nitrogens is 1. The maximum Gasteiger partial charge on any atom is 0.434 e. The minimum absolute atomic E-state index is 0.0835. The van der Waals surface area contributed by atoms with Crippen molar-refractivity contribution in [3.63, 3.8) is 0 Å². The smallest absolute Gasteiger partial charge is 0.434 e. The average Bonchev–Trinajstić information content (AvgIpc) is 3.01. The van der Waals surface area contributed by atoms with Crippen LogP contribution in [-0.4, -0.2) is 22.3 Å². The van der Waals surface area contributed by atoms with Crippen molar-refractivity contribution in [2.24, 2.45) is 0 Å². The number of carbonyl (C=O) groups excluding carboxylic acids is 1. The van der Waals surface area contributed by atoms with Gasteiger partial charge in [-0.3, -0.25) is 0 Å². The molecule has 1 aliphatic carbocycles. The molecule has 3 rings (SSSR count). The fourth-order valence-corrected chi connectivity index (χ4v) is 2.83. The summed E-state index contributed by atoms with van der Waals surface area (Å²) in [6.45, 7) is 0.264. The molecule has 0 radical (unpaired) electrons. The molecule has 0 saturated heterocycles. The first-order chi connectivity index (χ1) is 11.2. The molecular formula is C16H19N3O4. The largest absolute Gasteiger partial charge is 0.445 e. The number of nitrogens with zero attached hydrogens (tertiary/aromatic N) is 1. The molecule has 1 aromatic carbocycles. The molecule has 1 aliphatic rings. The van der Waals surface area contributed by atoms with Gasteiger partial charge in [-0.2, -0.15) is 0 Å². The van der Waals surface area contributed by atoms with Crippen LogP contribution in [0.4, 0.5) is 4.79 Å². The summed E-state index contributed by atoms with van der Waals surface area (Å²) in [7, 11) is 0. The van der Waals surface area contributed by atoms with E-state index in [4.69, 9.17) is 9.15 Å². The number of aromatic amines is 1. The summed E-state index contributed by atoms with van der Waals surface area (Å²) in [5.41, 5.74) is 0.958. The van der Waals surface area contributed by atoms with Gasteiger partial charge in [0.15, 0.2) is 0 Å². The van der Waals surface area contributed by atoms with Gasteiger partial charge in [-0.05, 0) is 31.2 Å². The van der Waals surface area contributed by atoms with Gasteiger partial charge < -0.3 is 14.5 Å². The SMILES string of the molecule is O=C(N[C@H]1CC[C@H](c2n[nH]c(=O)o2)CC1)OCc1ccccc1. The minimum Gasteiger partial charge on any atom is -0.445 e. The lowest BCUT2D eigenvalue weighted by molar-refractivity contribution is 0.132. The van der Waals surface area contributed by atoms with Crippen molar-refractivity contribution in [1.29, 1.82) is 0 Å². The Labute approximate surface area is 133 Å². The van der Waals surface area contributed by atoms with Gasteiger partial charge in [0.2, 0.25) is 5.89 Å². The van der Waals surface area contributed by atoms with Crippen LogP contribution in [-0.2, 0) is 11.3 Å². The zero-order chi connectivity index (χ0) is 16.1. The van der Waals surface area contributed by atoms with Crippen molar-refractivity contribution in [3.8, 4) is 0 Å². The van der Waals surface area contributed by atoms with Gasteiger partial charge in [-0.1, -0.05) is 30.3 Å². The molecule has 0 atom stereocenters. The lowest BCUT2D eigenvalue weighted by atomic mass is 9.86. The first-order valence-corrected chi connectivity index (χ1v) is 7.73. The van der Waals surface area contributed by atoms with Crippen LogP contribution in [0, 0.1) is 0 Å². The highest BCUT2D eigenvalue weighted by Crippen LogP contribution is 2.31. The maximum absolute atomic E-state index is 11.8. The molecule has 0 unspecified atom stereocenters. The van der Waals surface area contributed by atoms with E-state index in [1.165, 1.54) is 0 Å². The second-order valence-electron chi connectivity index (χ2n) is 5.71. The number of carbonyl (C=O) groups is 1. The third-order valence-corrected chi connectivity index (χ3v) is 4.07. The van der Waals surface area contributed by atoms with Gasteiger partial charge in [0.1, 0.15) is 6.61 Å². The van der Waals surface area contributed by atoms with Crippen molar-refractivity contribution >= 4 is 6.09 Å². The summed E-state index contributed by atoms with van der Waals surface area (Å²) in [6, 6.07) is 9.65. The fraction of sp³-hybridized carbons (Fsp3) is 0.438. The Morgan fingerprint density at radius 2 is 2.00 bits per heavy atom. The molecule has 0 spiro atoms. The topological polar surface area (TPSA) is 97.2 Å². The van der Waals surface area contributed by atoms with Crippen LogP contribution >= 0.6 is 0 Å². The number of aromatic nitrogens is 2.